The van der Waals surface area contributed by atoms with E-state index < -0.39 is 0 Å². The molecule has 0 bridgehead atoms. The van der Waals surface area contributed by atoms with E-state index in [0.717, 1.165) is 5.56 Å². The van der Waals surface area contributed by atoms with E-state index in [0.29, 0.717) is 0 Å². The summed E-state index contributed by atoms with van der Waals surface area (Å²) in [4.78, 5) is 11.3. The van der Waals surface area contributed by atoms with Crippen molar-refractivity contribution in [2.75, 3.05) is 0 Å². The lowest BCUT2D eigenvalue weighted by Crippen LogP contribution is -2.19. The fourth-order valence-corrected chi connectivity index (χ4v) is 1.31. The zero-order valence-corrected chi connectivity index (χ0v) is 9.14. The summed E-state index contributed by atoms with van der Waals surface area (Å²) in [6.45, 7) is 3.65. The Bertz CT molecular complexity index is 309. The first-order valence-electron chi connectivity index (χ1n) is 5.09. The van der Waals surface area contributed by atoms with Gasteiger partial charge < -0.3 is 10.5 Å². The molecule has 0 saturated carbocycles. The molecule has 3 heteroatoms. The van der Waals surface area contributed by atoms with Crippen molar-refractivity contribution in [2.24, 2.45) is 5.73 Å². The molecule has 82 valence electrons. The molecule has 15 heavy (non-hydrogen) atoms. The average Bonchev–Trinajstić information content (AvgIpc) is 2.17. The minimum absolute atomic E-state index is 0.0829. The van der Waals surface area contributed by atoms with Crippen LogP contribution in [-0.4, -0.2) is 12.1 Å². The van der Waals surface area contributed by atoms with Gasteiger partial charge in [0.15, 0.2) is 0 Å². The Morgan fingerprint density at radius 3 is 2.47 bits per heavy atom. The van der Waals surface area contributed by atoms with Crippen LogP contribution in [0.1, 0.15) is 31.9 Å². The van der Waals surface area contributed by atoms with Crippen LogP contribution in [0.15, 0.2) is 30.3 Å². The highest BCUT2D eigenvalue weighted by molar-refractivity contribution is 5.70. The summed E-state index contributed by atoms with van der Waals surface area (Å²) in [5, 5.41) is 0. The van der Waals surface area contributed by atoms with Gasteiger partial charge in [0.25, 0.3) is 0 Å². The molecule has 0 fully saturated rings. The third-order valence-corrected chi connectivity index (χ3v) is 1.98. The Hall–Kier alpha value is -1.35. The predicted molar refractivity (Wildman–Crippen MR) is 59.2 cm³/mol. The highest BCUT2D eigenvalue weighted by Crippen LogP contribution is 2.14. The van der Waals surface area contributed by atoms with E-state index in [1.165, 1.54) is 0 Å². The molecule has 0 unspecified atom stereocenters. The number of benzene rings is 1. The molecule has 1 aromatic carbocycles. The van der Waals surface area contributed by atoms with Crippen molar-refractivity contribution in [2.45, 2.75) is 32.4 Å². The zero-order chi connectivity index (χ0) is 11.3. The van der Waals surface area contributed by atoms with E-state index >= 15 is 0 Å². The first-order valence-corrected chi connectivity index (χ1v) is 5.09. The molecular formula is C12H17NO2. The summed E-state index contributed by atoms with van der Waals surface area (Å²) >= 11 is 0. The van der Waals surface area contributed by atoms with Crippen molar-refractivity contribution >= 4 is 5.97 Å². The van der Waals surface area contributed by atoms with Gasteiger partial charge >= 0.3 is 5.97 Å². The fraction of sp³-hybridized carbons (Fsp3) is 0.417. The summed E-state index contributed by atoms with van der Waals surface area (Å²) in [6, 6.07) is 9.27. The smallest absolute Gasteiger partial charge is 0.307 e. The van der Waals surface area contributed by atoms with Crippen molar-refractivity contribution in [3.05, 3.63) is 35.9 Å². The molecule has 1 rings (SSSR count). The van der Waals surface area contributed by atoms with Crippen molar-refractivity contribution in [3.8, 4) is 0 Å². The predicted octanol–water partition coefficient (Wildman–Crippen LogP) is 2.03. The van der Waals surface area contributed by atoms with E-state index in [9.17, 15) is 4.79 Å². The van der Waals surface area contributed by atoms with Crippen LogP contribution in [0.2, 0.25) is 0 Å². The number of hydrogen-bond donors (Lipinski definition) is 1. The van der Waals surface area contributed by atoms with Crippen LogP contribution in [0.3, 0.4) is 0 Å². The number of hydrogen-bond acceptors (Lipinski definition) is 3. The summed E-state index contributed by atoms with van der Waals surface area (Å²) in [5.41, 5.74) is 6.83. The largest absolute Gasteiger partial charge is 0.463 e. The van der Waals surface area contributed by atoms with Gasteiger partial charge in [0.1, 0.15) is 0 Å². The van der Waals surface area contributed by atoms with Gasteiger partial charge in [-0.15, -0.1) is 0 Å². The van der Waals surface area contributed by atoms with Crippen LogP contribution >= 0.6 is 0 Å². The molecule has 0 amide bonds. The molecule has 0 aromatic heterocycles. The molecule has 3 nitrogen and oxygen atoms in total. The lowest BCUT2D eigenvalue weighted by molar-refractivity contribution is -0.147. The molecule has 0 heterocycles. The minimum atomic E-state index is -0.280. The van der Waals surface area contributed by atoms with Crippen molar-refractivity contribution in [1.82, 2.24) is 0 Å². The summed E-state index contributed by atoms with van der Waals surface area (Å²) in [6.07, 6.45) is 0.142. The Morgan fingerprint density at radius 2 is 1.93 bits per heavy atom. The monoisotopic (exact) mass is 207 g/mol. The normalized spacial score (nSPS) is 12.5. The second kappa shape index (κ2) is 5.51. The molecule has 0 spiro atoms. The second-order valence-corrected chi connectivity index (χ2v) is 3.76. The maximum Gasteiger partial charge on any atom is 0.307 e. The number of esters is 1. The maximum atomic E-state index is 11.3. The standard InChI is InChI=1S/C12H17NO2/c1-9(2)15-12(14)8-11(13)10-6-4-3-5-7-10/h3-7,9,11H,8,13H2,1-2H3/t11-/m1/s1. The van der Waals surface area contributed by atoms with E-state index in [2.05, 4.69) is 0 Å². The van der Waals surface area contributed by atoms with E-state index in [1.807, 2.05) is 44.2 Å². The number of rotatable bonds is 4. The molecular weight excluding hydrogens is 190 g/mol. The number of carbonyl (C=O) groups is 1. The summed E-state index contributed by atoms with van der Waals surface area (Å²) < 4.78 is 5.02. The van der Waals surface area contributed by atoms with Crippen LogP contribution in [-0.2, 0) is 9.53 Å². The van der Waals surface area contributed by atoms with Crippen LogP contribution < -0.4 is 5.73 Å². The van der Waals surface area contributed by atoms with Crippen molar-refractivity contribution in [1.29, 1.82) is 0 Å². The molecule has 0 aliphatic carbocycles. The highest BCUT2D eigenvalue weighted by atomic mass is 16.5. The van der Waals surface area contributed by atoms with Crippen LogP contribution in [0.25, 0.3) is 0 Å². The highest BCUT2D eigenvalue weighted by Gasteiger charge is 2.13. The van der Waals surface area contributed by atoms with Gasteiger partial charge in [-0.3, -0.25) is 4.79 Å². The van der Waals surface area contributed by atoms with Gasteiger partial charge in [-0.25, -0.2) is 0 Å². The van der Waals surface area contributed by atoms with Gasteiger partial charge in [-0.2, -0.15) is 0 Å². The summed E-state index contributed by atoms with van der Waals surface area (Å²) in [7, 11) is 0. The Kier molecular flexibility index (Phi) is 4.31. The SMILES string of the molecule is CC(C)OC(=O)C[C@@H](N)c1ccccc1. The molecule has 1 aromatic rings. The maximum absolute atomic E-state index is 11.3. The fourth-order valence-electron chi connectivity index (χ4n) is 1.31. The van der Waals surface area contributed by atoms with Gasteiger partial charge in [0, 0.05) is 6.04 Å². The molecule has 0 aliphatic heterocycles. The first kappa shape index (κ1) is 11.7. The van der Waals surface area contributed by atoms with Gasteiger partial charge in [0.2, 0.25) is 0 Å². The minimum Gasteiger partial charge on any atom is -0.463 e. The van der Waals surface area contributed by atoms with Gasteiger partial charge in [-0.1, -0.05) is 30.3 Å². The van der Waals surface area contributed by atoms with E-state index in [1.54, 1.807) is 0 Å². The Labute approximate surface area is 90.2 Å². The molecule has 0 aliphatic rings. The third-order valence-electron chi connectivity index (χ3n) is 1.98. The number of nitrogens with two attached hydrogens (primary N) is 1. The van der Waals surface area contributed by atoms with Crippen LogP contribution in [0.5, 0.6) is 0 Å². The molecule has 1 atom stereocenters. The second-order valence-electron chi connectivity index (χ2n) is 3.76. The van der Waals surface area contributed by atoms with Crippen molar-refractivity contribution < 1.29 is 9.53 Å². The van der Waals surface area contributed by atoms with Crippen LogP contribution in [0.4, 0.5) is 0 Å². The van der Waals surface area contributed by atoms with Gasteiger partial charge in [-0.05, 0) is 19.4 Å². The molecule has 2 N–H and O–H groups in total. The molecule has 0 radical (unpaired) electrons. The lowest BCUT2D eigenvalue weighted by Gasteiger charge is -2.13. The van der Waals surface area contributed by atoms with E-state index in [4.69, 9.17) is 10.5 Å². The van der Waals surface area contributed by atoms with E-state index in [-0.39, 0.29) is 24.5 Å². The lowest BCUT2D eigenvalue weighted by atomic mass is 10.1. The molecule has 0 saturated heterocycles. The third kappa shape index (κ3) is 4.13. The summed E-state index contributed by atoms with van der Waals surface area (Å²) in [5.74, 6) is -0.249. The average molecular weight is 207 g/mol. The van der Waals surface area contributed by atoms with Gasteiger partial charge in [0.05, 0.1) is 12.5 Å². The Morgan fingerprint density at radius 1 is 1.33 bits per heavy atom. The zero-order valence-electron chi connectivity index (χ0n) is 9.14. The number of carbonyl (C=O) groups excluding carboxylic acids is 1. The quantitative estimate of drug-likeness (QED) is 0.768. The first-order chi connectivity index (χ1) is 7.09. The topological polar surface area (TPSA) is 52.3 Å². The van der Waals surface area contributed by atoms with Crippen molar-refractivity contribution in [3.63, 3.8) is 0 Å². The van der Waals surface area contributed by atoms with Crippen LogP contribution in [0, 0.1) is 0 Å². The number of ether oxygens (including phenoxy) is 1. The Balaban J connectivity index is 2.49.